The molecule has 6 nitrogen and oxygen atoms in total. The fourth-order valence-corrected chi connectivity index (χ4v) is 2.94. The van der Waals surface area contributed by atoms with Gasteiger partial charge in [-0.25, -0.2) is 0 Å². The lowest BCUT2D eigenvalue weighted by molar-refractivity contribution is -0.144. The second kappa shape index (κ2) is 10.8. The molecule has 0 radical (unpaired) electrons. The van der Waals surface area contributed by atoms with Crippen molar-refractivity contribution in [1.82, 2.24) is 0 Å². The van der Waals surface area contributed by atoms with Crippen molar-refractivity contribution < 1.29 is 28.5 Å². The van der Waals surface area contributed by atoms with Gasteiger partial charge < -0.3 is 18.9 Å². The predicted octanol–water partition coefficient (Wildman–Crippen LogP) is 3.16. The van der Waals surface area contributed by atoms with Gasteiger partial charge in [0.25, 0.3) is 0 Å². The summed E-state index contributed by atoms with van der Waals surface area (Å²) in [4.78, 5) is 23.2. The fraction of sp³-hybridized carbons (Fsp3) is 0.895. The topological polar surface area (TPSA) is 77.7 Å². The number of hydrogen-bond donors (Lipinski definition) is 0. The number of unbranched alkanes of at least 4 members (excludes halogenated alkanes) is 2. The zero-order chi connectivity index (χ0) is 18.1. The smallest absolute Gasteiger partial charge is 0.305 e. The molecule has 25 heavy (non-hydrogen) atoms. The Balaban J connectivity index is 1.36. The maximum absolute atomic E-state index is 11.6. The maximum atomic E-state index is 11.6. The Morgan fingerprint density at radius 1 is 0.720 bits per heavy atom. The normalized spacial score (nSPS) is 27.0. The quantitative estimate of drug-likeness (QED) is 0.270. The van der Waals surface area contributed by atoms with Crippen molar-refractivity contribution in [1.29, 1.82) is 0 Å². The number of ether oxygens (including phenoxy) is 4. The van der Waals surface area contributed by atoms with Crippen LogP contribution in [0.25, 0.3) is 0 Å². The zero-order valence-electron chi connectivity index (χ0n) is 15.5. The van der Waals surface area contributed by atoms with Crippen LogP contribution in [0, 0.1) is 0 Å². The predicted molar refractivity (Wildman–Crippen MR) is 92.1 cm³/mol. The summed E-state index contributed by atoms with van der Waals surface area (Å²) in [5, 5.41) is 0. The number of rotatable bonds is 14. The van der Waals surface area contributed by atoms with Crippen LogP contribution in [0.2, 0.25) is 0 Å². The molecule has 144 valence electrons. The summed E-state index contributed by atoms with van der Waals surface area (Å²) in [5.41, 5.74) is 0. The molecular formula is C19H32O6. The van der Waals surface area contributed by atoms with E-state index < -0.39 is 0 Å². The third-order valence-corrected chi connectivity index (χ3v) is 4.60. The molecule has 2 aliphatic heterocycles. The van der Waals surface area contributed by atoms with Gasteiger partial charge in [-0.1, -0.05) is 33.1 Å². The van der Waals surface area contributed by atoms with E-state index in [9.17, 15) is 9.59 Å². The SMILES string of the molecule is CCCC1OC1COC(=O)CCCCCC(=O)OCC1OC1CCC. The van der Waals surface area contributed by atoms with Crippen LogP contribution in [-0.4, -0.2) is 49.6 Å². The number of carbonyl (C=O) groups excluding carboxylic acids is 2. The van der Waals surface area contributed by atoms with E-state index in [0.29, 0.717) is 26.1 Å². The molecule has 0 aromatic rings. The lowest BCUT2D eigenvalue weighted by Gasteiger charge is -2.04. The highest BCUT2D eigenvalue weighted by Crippen LogP contribution is 2.27. The van der Waals surface area contributed by atoms with Crippen molar-refractivity contribution in [3.05, 3.63) is 0 Å². The van der Waals surface area contributed by atoms with E-state index in [0.717, 1.165) is 44.9 Å². The molecule has 0 aromatic heterocycles. The Labute approximate surface area is 150 Å². The second-order valence-electron chi connectivity index (χ2n) is 6.93. The Kier molecular flexibility index (Phi) is 8.68. The van der Waals surface area contributed by atoms with Crippen molar-refractivity contribution in [2.45, 2.75) is 96.1 Å². The van der Waals surface area contributed by atoms with Crippen molar-refractivity contribution in [2.75, 3.05) is 13.2 Å². The zero-order valence-corrected chi connectivity index (χ0v) is 15.5. The Hall–Kier alpha value is -1.14. The summed E-state index contributed by atoms with van der Waals surface area (Å²) in [7, 11) is 0. The Bertz CT molecular complexity index is 386. The summed E-state index contributed by atoms with van der Waals surface area (Å²) in [6, 6.07) is 0. The Morgan fingerprint density at radius 3 is 1.56 bits per heavy atom. The summed E-state index contributed by atoms with van der Waals surface area (Å²) >= 11 is 0. The lowest BCUT2D eigenvalue weighted by Crippen LogP contribution is -2.12. The van der Waals surface area contributed by atoms with Gasteiger partial charge in [-0.3, -0.25) is 9.59 Å². The molecule has 0 aromatic carbocycles. The lowest BCUT2D eigenvalue weighted by atomic mass is 10.1. The van der Waals surface area contributed by atoms with Crippen molar-refractivity contribution in [2.24, 2.45) is 0 Å². The number of epoxide rings is 2. The first-order valence-corrected chi connectivity index (χ1v) is 9.76. The van der Waals surface area contributed by atoms with Crippen LogP contribution >= 0.6 is 0 Å². The van der Waals surface area contributed by atoms with Crippen LogP contribution in [0.1, 0.15) is 71.6 Å². The van der Waals surface area contributed by atoms with Crippen LogP contribution in [0.5, 0.6) is 0 Å². The van der Waals surface area contributed by atoms with Crippen LogP contribution in [-0.2, 0) is 28.5 Å². The third-order valence-electron chi connectivity index (χ3n) is 4.60. The third kappa shape index (κ3) is 8.19. The first kappa shape index (κ1) is 20.2. The minimum absolute atomic E-state index is 0.103. The van der Waals surface area contributed by atoms with Crippen molar-refractivity contribution >= 4 is 11.9 Å². The minimum atomic E-state index is -0.179. The van der Waals surface area contributed by atoms with Crippen LogP contribution in [0.15, 0.2) is 0 Å². The largest absolute Gasteiger partial charge is 0.463 e. The molecule has 0 amide bonds. The van der Waals surface area contributed by atoms with Gasteiger partial charge >= 0.3 is 11.9 Å². The average molecular weight is 356 g/mol. The Morgan fingerprint density at radius 2 is 1.16 bits per heavy atom. The number of carbonyl (C=O) groups is 2. The highest BCUT2D eigenvalue weighted by Gasteiger charge is 2.39. The van der Waals surface area contributed by atoms with Crippen molar-refractivity contribution in [3.63, 3.8) is 0 Å². The van der Waals surface area contributed by atoms with Gasteiger partial charge in [0, 0.05) is 12.8 Å². The molecule has 0 aliphatic carbocycles. The number of hydrogen-bond acceptors (Lipinski definition) is 6. The molecule has 0 spiro atoms. The first-order valence-electron chi connectivity index (χ1n) is 9.76. The van der Waals surface area contributed by atoms with Gasteiger partial charge in [0.15, 0.2) is 0 Å². The van der Waals surface area contributed by atoms with E-state index in [1.165, 1.54) is 0 Å². The molecule has 6 heteroatoms. The summed E-state index contributed by atoms with van der Waals surface area (Å²) in [6.07, 6.45) is 8.09. The van der Waals surface area contributed by atoms with Crippen LogP contribution < -0.4 is 0 Å². The molecule has 2 saturated heterocycles. The molecule has 4 unspecified atom stereocenters. The highest BCUT2D eigenvalue weighted by molar-refractivity contribution is 5.70. The molecular weight excluding hydrogens is 324 g/mol. The van der Waals surface area contributed by atoms with E-state index in [-0.39, 0.29) is 36.4 Å². The summed E-state index contributed by atoms with van der Waals surface area (Å²) in [6.45, 7) is 4.98. The fourth-order valence-electron chi connectivity index (χ4n) is 2.94. The highest BCUT2D eigenvalue weighted by atomic mass is 16.6. The van der Waals surface area contributed by atoms with E-state index in [4.69, 9.17) is 18.9 Å². The maximum Gasteiger partial charge on any atom is 0.305 e. The van der Waals surface area contributed by atoms with E-state index in [1.807, 2.05) is 0 Å². The van der Waals surface area contributed by atoms with Gasteiger partial charge in [0.05, 0.1) is 12.2 Å². The summed E-state index contributed by atoms with van der Waals surface area (Å²) in [5.74, 6) is -0.359. The van der Waals surface area contributed by atoms with Gasteiger partial charge in [0.1, 0.15) is 25.4 Å². The standard InChI is InChI=1S/C19H32O6/c1-3-8-14-16(24-14)12-22-18(20)10-6-5-7-11-19(21)23-13-17-15(25-17)9-4-2/h14-17H,3-13H2,1-2H3. The molecule has 0 N–H and O–H groups in total. The van der Waals surface area contributed by atoms with Gasteiger partial charge in [-0.05, 0) is 25.7 Å². The summed E-state index contributed by atoms with van der Waals surface area (Å²) < 4.78 is 21.2. The van der Waals surface area contributed by atoms with Gasteiger partial charge in [-0.15, -0.1) is 0 Å². The van der Waals surface area contributed by atoms with Gasteiger partial charge in [-0.2, -0.15) is 0 Å². The van der Waals surface area contributed by atoms with E-state index in [2.05, 4.69) is 13.8 Å². The van der Waals surface area contributed by atoms with E-state index >= 15 is 0 Å². The molecule has 4 atom stereocenters. The average Bonchev–Trinajstić information content (AvgIpc) is 3.49. The molecule has 2 rings (SSSR count). The molecule has 0 saturated carbocycles. The first-order chi connectivity index (χ1) is 12.1. The molecule has 2 fully saturated rings. The van der Waals surface area contributed by atoms with Gasteiger partial charge in [0.2, 0.25) is 0 Å². The molecule has 2 aliphatic rings. The minimum Gasteiger partial charge on any atom is -0.463 e. The van der Waals surface area contributed by atoms with E-state index in [1.54, 1.807) is 0 Å². The molecule has 2 heterocycles. The van der Waals surface area contributed by atoms with Crippen molar-refractivity contribution in [3.8, 4) is 0 Å². The second-order valence-corrected chi connectivity index (χ2v) is 6.93. The monoisotopic (exact) mass is 356 g/mol. The number of esters is 2. The molecule has 0 bridgehead atoms. The van der Waals surface area contributed by atoms with Crippen LogP contribution in [0.3, 0.4) is 0 Å². The van der Waals surface area contributed by atoms with Crippen LogP contribution in [0.4, 0.5) is 0 Å².